The van der Waals surface area contributed by atoms with E-state index in [9.17, 15) is 15.0 Å². The van der Waals surface area contributed by atoms with Gasteiger partial charge in [-0.25, -0.2) is 0 Å². The third kappa shape index (κ3) is 1.24. The number of hydrogen-bond acceptors (Lipinski definition) is 5. The molecule has 0 amide bonds. The Hall–Kier alpha value is -2.31. The Morgan fingerprint density at radius 3 is 2.88 bits per heavy atom. The first-order valence-electron chi connectivity index (χ1n) is 9.06. The quantitative estimate of drug-likeness (QED) is 0.742. The first-order valence-corrected chi connectivity index (χ1v) is 9.06. The number of aromatic hydroxyl groups is 1. The van der Waals surface area contributed by atoms with Gasteiger partial charge in [-0.3, -0.25) is 9.69 Å². The van der Waals surface area contributed by atoms with Crippen LogP contribution in [0.15, 0.2) is 24.4 Å². The normalized spacial score (nSPS) is 36.5. The van der Waals surface area contributed by atoms with Crippen molar-refractivity contribution in [2.75, 3.05) is 13.6 Å². The van der Waals surface area contributed by atoms with Gasteiger partial charge in [-0.15, -0.1) is 0 Å². The fourth-order valence-electron chi connectivity index (χ4n) is 6.18. The first kappa shape index (κ1) is 14.8. The highest BCUT2D eigenvalue weighted by molar-refractivity contribution is 6.04. The molecule has 2 bridgehead atoms. The smallest absolute Gasteiger partial charge is 0.221 e. The lowest BCUT2D eigenvalue weighted by molar-refractivity contribution is -0.164. The number of phenolic OH excluding ortho intramolecular Hbond substituents is 1. The first-order chi connectivity index (χ1) is 12.4. The number of ether oxygens (including phenoxy) is 1. The molecule has 6 nitrogen and oxygen atoms in total. The molecule has 1 fully saturated rings. The highest BCUT2D eigenvalue weighted by atomic mass is 16.5. The van der Waals surface area contributed by atoms with E-state index in [1.807, 2.05) is 32.4 Å². The Bertz CT molecular complexity index is 1010. The Balaban J connectivity index is 1.79. The second-order valence-corrected chi connectivity index (χ2v) is 8.19. The Labute approximate surface area is 150 Å². The minimum absolute atomic E-state index is 0.0455. The highest BCUT2D eigenvalue weighted by Gasteiger charge is 2.75. The van der Waals surface area contributed by atoms with Gasteiger partial charge in [-0.05, 0) is 44.1 Å². The molecule has 1 aromatic carbocycles. The van der Waals surface area contributed by atoms with Gasteiger partial charge in [0.1, 0.15) is 5.60 Å². The molecule has 1 unspecified atom stereocenters. The van der Waals surface area contributed by atoms with Gasteiger partial charge in [0, 0.05) is 30.4 Å². The van der Waals surface area contributed by atoms with Crippen LogP contribution in [0, 0.1) is 0 Å². The molecule has 2 aromatic rings. The van der Waals surface area contributed by atoms with E-state index in [1.165, 1.54) is 0 Å². The van der Waals surface area contributed by atoms with Crippen LogP contribution in [0.4, 0.5) is 0 Å². The zero-order valence-electron chi connectivity index (χ0n) is 14.7. The van der Waals surface area contributed by atoms with Crippen molar-refractivity contribution in [2.24, 2.45) is 7.05 Å². The molecule has 26 heavy (non-hydrogen) atoms. The van der Waals surface area contributed by atoms with Crippen LogP contribution in [0.2, 0.25) is 0 Å². The van der Waals surface area contributed by atoms with Gasteiger partial charge in [-0.1, -0.05) is 6.07 Å². The zero-order chi connectivity index (χ0) is 18.0. The lowest BCUT2D eigenvalue weighted by Crippen LogP contribution is -2.74. The van der Waals surface area contributed by atoms with Gasteiger partial charge < -0.3 is 19.5 Å². The number of likely N-dealkylation sites (tertiary alicyclic amines) is 1. The summed E-state index contributed by atoms with van der Waals surface area (Å²) < 4.78 is 7.89. The molecule has 0 radical (unpaired) electrons. The van der Waals surface area contributed by atoms with Gasteiger partial charge in [-0.2, -0.15) is 0 Å². The van der Waals surface area contributed by atoms with Crippen LogP contribution >= 0.6 is 0 Å². The van der Waals surface area contributed by atoms with Crippen LogP contribution in [0.25, 0.3) is 0 Å². The Morgan fingerprint density at radius 1 is 1.27 bits per heavy atom. The number of carbonyl (C=O) groups excluding carboxylic acids is 1. The average molecular weight is 352 g/mol. The number of aromatic nitrogens is 1. The van der Waals surface area contributed by atoms with E-state index in [-0.39, 0.29) is 17.6 Å². The van der Waals surface area contributed by atoms with Crippen molar-refractivity contribution in [3.05, 3.63) is 46.8 Å². The van der Waals surface area contributed by atoms with Crippen molar-refractivity contribution >= 4 is 5.78 Å². The number of aliphatic hydroxyl groups is 1. The van der Waals surface area contributed by atoms with E-state index in [1.54, 1.807) is 10.6 Å². The lowest BCUT2D eigenvalue weighted by Gasteiger charge is -2.61. The van der Waals surface area contributed by atoms with E-state index >= 15 is 0 Å². The predicted molar refractivity (Wildman–Crippen MR) is 92.6 cm³/mol. The van der Waals surface area contributed by atoms with Crippen molar-refractivity contribution in [3.63, 3.8) is 0 Å². The molecule has 2 N–H and O–H groups in total. The number of phenols is 1. The third-order valence-corrected chi connectivity index (χ3v) is 7.27. The number of benzene rings is 1. The molecule has 2 aliphatic heterocycles. The number of fused-ring (bicyclic) bond motifs is 1. The summed E-state index contributed by atoms with van der Waals surface area (Å²) in [7, 11) is 3.86. The van der Waals surface area contributed by atoms with E-state index in [0.29, 0.717) is 29.8 Å². The molecular weight excluding hydrogens is 332 g/mol. The molecule has 4 atom stereocenters. The van der Waals surface area contributed by atoms with Gasteiger partial charge in [0.15, 0.2) is 17.6 Å². The molecule has 1 aromatic heterocycles. The van der Waals surface area contributed by atoms with Crippen molar-refractivity contribution in [3.8, 4) is 11.5 Å². The number of piperidine rings is 1. The molecule has 4 aliphatic rings. The third-order valence-electron chi connectivity index (χ3n) is 7.27. The number of Topliss-reactive ketones (excluding diaryl/α,β-unsaturated/α-hetero) is 1. The van der Waals surface area contributed by atoms with E-state index in [4.69, 9.17) is 4.74 Å². The van der Waals surface area contributed by atoms with E-state index in [0.717, 1.165) is 17.7 Å². The van der Waals surface area contributed by atoms with Crippen molar-refractivity contribution in [1.82, 2.24) is 9.47 Å². The van der Waals surface area contributed by atoms with Crippen LogP contribution in [0.5, 0.6) is 11.5 Å². The summed E-state index contributed by atoms with van der Waals surface area (Å²) in [6.07, 6.45) is 2.32. The van der Waals surface area contributed by atoms with Crippen LogP contribution in [-0.2, 0) is 24.5 Å². The van der Waals surface area contributed by atoms with Crippen molar-refractivity contribution in [2.45, 2.75) is 36.0 Å². The number of aryl methyl sites for hydroxylation is 1. The summed E-state index contributed by atoms with van der Waals surface area (Å²) in [6.45, 7) is 0.775. The lowest BCUT2D eigenvalue weighted by atomic mass is 9.48. The van der Waals surface area contributed by atoms with Gasteiger partial charge >= 0.3 is 0 Å². The Morgan fingerprint density at radius 2 is 2.08 bits per heavy atom. The van der Waals surface area contributed by atoms with Gasteiger partial charge in [0.05, 0.1) is 11.1 Å². The summed E-state index contributed by atoms with van der Waals surface area (Å²) in [4.78, 5) is 15.6. The SMILES string of the molecule is CN1CC[C@]23c4c5ccc(O)c4O[C@H]2C(=O)c2c(ccn2C)[C@@]3(O)C1C5. The summed E-state index contributed by atoms with van der Waals surface area (Å²) in [5.41, 5.74) is 1.07. The summed E-state index contributed by atoms with van der Waals surface area (Å²) in [6, 6.07) is 5.29. The number of hydrogen-bond donors (Lipinski definition) is 2. The second-order valence-electron chi connectivity index (χ2n) is 8.19. The molecule has 3 heterocycles. The van der Waals surface area contributed by atoms with E-state index < -0.39 is 17.1 Å². The largest absolute Gasteiger partial charge is 0.504 e. The summed E-state index contributed by atoms with van der Waals surface area (Å²) in [5.74, 6) is 0.322. The number of nitrogens with zero attached hydrogens (tertiary/aromatic N) is 2. The van der Waals surface area contributed by atoms with Gasteiger partial charge in [0.2, 0.25) is 5.78 Å². The minimum atomic E-state index is -1.22. The summed E-state index contributed by atoms with van der Waals surface area (Å²) in [5, 5.41) is 22.7. The number of carbonyl (C=O) groups is 1. The fraction of sp³-hybridized carbons (Fsp3) is 0.450. The molecule has 6 rings (SSSR count). The molecular formula is C20H20N2O4. The maximum atomic E-state index is 13.4. The second kappa shape index (κ2) is 4.15. The molecule has 0 saturated carbocycles. The van der Waals surface area contributed by atoms with E-state index in [2.05, 4.69) is 4.90 Å². The maximum Gasteiger partial charge on any atom is 0.221 e. The molecule has 2 aliphatic carbocycles. The minimum Gasteiger partial charge on any atom is -0.504 e. The van der Waals surface area contributed by atoms with Crippen LogP contribution in [0.1, 0.15) is 33.6 Å². The molecule has 1 saturated heterocycles. The van der Waals surface area contributed by atoms with Gasteiger partial charge in [0.25, 0.3) is 0 Å². The topological polar surface area (TPSA) is 74.9 Å². The molecule has 134 valence electrons. The zero-order valence-corrected chi connectivity index (χ0v) is 14.7. The van der Waals surface area contributed by atoms with Crippen molar-refractivity contribution in [1.29, 1.82) is 0 Å². The number of rotatable bonds is 0. The number of ketones is 1. The average Bonchev–Trinajstić information content (AvgIpc) is 3.16. The molecule has 1 spiro atoms. The van der Waals surface area contributed by atoms with Crippen LogP contribution in [0.3, 0.4) is 0 Å². The highest BCUT2D eigenvalue weighted by Crippen LogP contribution is 2.67. The van der Waals surface area contributed by atoms with Crippen LogP contribution in [-0.4, -0.2) is 51.2 Å². The molecule has 6 heteroatoms. The maximum absolute atomic E-state index is 13.4. The fourth-order valence-corrected chi connectivity index (χ4v) is 6.18. The summed E-state index contributed by atoms with van der Waals surface area (Å²) >= 11 is 0. The predicted octanol–water partition coefficient (Wildman–Crippen LogP) is 1.07. The standard InChI is InChI=1S/C20H20N2O4/c1-21-8-6-19-14-10-3-4-12(23)17(14)26-18(19)16(24)15-11(5-7-22(15)2)20(19,25)13(21)9-10/h3-5,7,13,18,23,25H,6,8-9H2,1-2H3/t13?,18-,19-,20+/m0/s1. The van der Waals surface area contributed by atoms with Crippen molar-refractivity contribution < 1.29 is 19.7 Å². The monoisotopic (exact) mass is 352 g/mol. The number of likely N-dealkylation sites (N-methyl/N-ethyl adjacent to an activating group) is 1. The Kier molecular flexibility index (Phi) is 2.37. The van der Waals surface area contributed by atoms with Crippen LogP contribution < -0.4 is 4.74 Å².